The maximum atomic E-state index is 2.47. The molecule has 12 aromatic rings. The number of fused-ring (bicyclic) bond motifs is 6. The molecule has 0 radical (unpaired) electrons. The van der Waals surface area contributed by atoms with Crippen molar-refractivity contribution in [3.63, 3.8) is 0 Å². The molecule has 0 saturated heterocycles. The zero-order chi connectivity index (χ0) is 42.4. The highest BCUT2D eigenvalue weighted by molar-refractivity contribution is 6.16. The van der Waals surface area contributed by atoms with Crippen LogP contribution in [0.3, 0.4) is 0 Å². The lowest BCUT2D eigenvalue weighted by Gasteiger charge is -2.30. The quantitative estimate of drug-likeness (QED) is 0.139. The molecule has 11 aromatic carbocycles. The van der Waals surface area contributed by atoms with Crippen molar-refractivity contribution in [1.29, 1.82) is 0 Å². The van der Waals surface area contributed by atoms with Gasteiger partial charge in [0.25, 0.3) is 0 Å². The maximum Gasteiger partial charge on any atom is 0.0561 e. The van der Waals surface area contributed by atoms with Crippen molar-refractivity contribution in [2.24, 2.45) is 0 Å². The van der Waals surface area contributed by atoms with Crippen LogP contribution in [0.25, 0.3) is 93.5 Å². The van der Waals surface area contributed by atoms with Gasteiger partial charge in [0.2, 0.25) is 0 Å². The SMILES string of the molecule is c1ccc(-c2ccc(-c3c(-c4cc5ccccc5c5ccccc45)cccc3N(c3ccc(-c4ccccc4)cc3)c3ccc4c5ccccc5n(-c5ccccc5)c4c3)cc2)cc1. The first-order valence-electron chi connectivity index (χ1n) is 22.0. The lowest BCUT2D eigenvalue weighted by atomic mass is 9.87. The number of aromatic nitrogens is 1. The first-order valence-corrected chi connectivity index (χ1v) is 22.0. The summed E-state index contributed by atoms with van der Waals surface area (Å²) in [7, 11) is 0. The summed E-state index contributed by atoms with van der Waals surface area (Å²) in [6.45, 7) is 0. The van der Waals surface area contributed by atoms with Crippen LogP contribution in [0.2, 0.25) is 0 Å². The molecule has 1 heterocycles. The summed E-state index contributed by atoms with van der Waals surface area (Å²) in [6, 6.07) is 92.9. The average molecular weight is 815 g/mol. The Morgan fingerprint density at radius 1 is 0.281 bits per heavy atom. The molecule has 300 valence electrons. The van der Waals surface area contributed by atoms with E-state index in [1.54, 1.807) is 0 Å². The number of benzene rings is 11. The minimum atomic E-state index is 1.07. The molecule has 2 heteroatoms. The van der Waals surface area contributed by atoms with Crippen molar-refractivity contribution in [3.05, 3.63) is 255 Å². The van der Waals surface area contributed by atoms with Gasteiger partial charge in [0.05, 0.1) is 16.7 Å². The summed E-state index contributed by atoms with van der Waals surface area (Å²) in [6.07, 6.45) is 0. The maximum absolute atomic E-state index is 2.47. The van der Waals surface area contributed by atoms with Gasteiger partial charge >= 0.3 is 0 Å². The third-order valence-corrected chi connectivity index (χ3v) is 12.8. The lowest BCUT2D eigenvalue weighted by Crippen LogP contribution is -2.12. The molecule has 0 saturated carbocycles. The number of hydrogen-bond acceptors (Lipinski definition) is 1. The highest BCUT2D eigenvalue weighted by atomic mass is 15.1. The molecule has 0 unspecified atom stereocenters. The molecule has 0 aliphatic carbocycles. The summed E-state index contributed by atoms with van der Waals surface area (Å²) in [5.74, 6) is 0. The van der Waals surface area contributed by atoms with Gasteiger partial charge in [-0.1, -0.05) is 200 Å². The van der Waals surface area contributed by atoms with Crippen LogP contribution in [0.4, 0.5) is 17.1 Å². The predicted molar refractivity (Wildman–Crippen MR) is 272 cm³/mol. The summed E-state index contributed by atoms with van der Waals surface area (Å²) in [5, 5.41) is 7.41. The van der Waals surface area contributed by atoms with Gasteiger partial charge in [0.1, 0.15) is 0 Å². The van der Waals surface area contributed by atoms with E-state index in [4.69, 9.17) is 0 Å². The van der Waals surface area contributed by atoms with Crippen molar-refractivity contribution in [2.75, 3.05) is 4.90 Å². The molecule has 0 N–H and O–H groups in total. The van der Waals surface area contributed by atoms with Crippen LogP contribution in [0.1, 0.15) is 0 Å². The van der Waals surface area contributed by atoms with Gasteiger partial charge in [0, 0.05) is 33.4 Å². The van der Waals surface area contributed by atoms with E-state index in [9.17, 15) is 0 Å². The lowest BCUT2D eigenvalue weighted by molar-refractivity contribution is 1.18. The second-order valence-corrected chi connectivity index (χ2v) is 16.5. The van der Waals surface area contributed by atoms with E-state index in [2.05, 4.69) is 264 Å². The second-order valence-electron chi connectivity index (χ2n) is 16.5. The molecule has 0 atom stereocenters. The Morgan fingerprint density at radius 3 is 1.50 bits per heavy atom. The number of hydrogen-bond donors (Lipinski definition) is 0. The van der Waals surface area contributed by atoms with Crippen LogP contribution in [-0.4, -0.2) is 4.57 Å². The zero-order valence-corrected chi connectivity index (χ0v) is 35.1. The van der Waals surface area contributed by atoms with E-state index in [0.29, 0.717) is 0 Å². The minimum absolute atomic E-state index is 1.07. The topological polar surface area (TPSA) is 8.17 Å². The van der Waals surface area contributed by atoms with Crippen LogP contribution >= 0.6 is 0 Å². The molecule has 12 rings (SSSR count). The molecular formula is C62H42N2. The van der Waals surface area contributed by atoms with Gasteiger partial charge in [-0.05, 0) is 115 Å². The fourth-order valence-corrected chi connectivity index (χ4v) is 9.81. The third-order valence-electron chi connectivity index (χ3n) is 12.8. The van der Waals surface area contributed by atoms with Crippen molar-refractivity contribution < 1.29 is 0 Å². The van der Waals surface area contributed by atoms with Gasteiger partial charge in [0.15, 0.2) is 0 Å². The highest BCUT2D eigenvalue weighted by Crippen LogP contribution is 2.49. The van der Waals surface area contributed by atoms with E-state index >= 15 is 0 Å². The van der Waals surface area contributed by atoms with Gasteiger partial charge in [-0.25, -0.2) is 0 Å². The Bertz CT molecular complexity index is 3630. The smallest absolute Gasteiger partial charge is 0.0561 e. The van der Waals surface area contributed by atoms with Crippen LogP contribution in [0.5, 0.6) is 0 Å². The second kappa shape index (κ2) is 15.8. The minimum Gasteiger partial charge on any atom is -0.310 e. The third kappa shape index (κ3) is 6.44. The van der Waals surface area contributed by atoms with Gasteiger partial charge < -0.3 is 9.47 Å². The average Bonchev–Trinajstić information content (AvgIpc) is 3.71. The van der Waals surface area contributed by atoms with E-state index in [1.165, 1.54) is 76.8 Å². The molecule has 0 bridgehead atoms. The van der Waals surface area contributed by atoms with Crippen LogP contribution in [-0.2, 0) is 0 Å². The molecule has 0 aliphatic heterocycles. The van der Waals surface area contributed by atoms with Crippen molar-refractivity contribution in [2.45, 2.75) is 0 Å². The summed E-state index contributed by atoms with van der Waals surface area (Å²) in [5.41, 5.74) is 16.2. The Balaban J connectivity index is 1.15. The van der Waals surface area contributed by atoms with Crippen LogP contribution < -0.4 is 4.90 Å². The molecule has 2 nitrogen and oxygen atoms in total. The fourth-order valence-electron chi connectivity index (χ4n) is 9.81. The molecule has 0 amide bonds. The van der Waals surface area contributed by atoms with Crippen molar-refractivity contribution in [3.8, 4) is 50.2 Å². The van der Waals surface area contributed by atoms with E-state index < -0.39 is 0 Å². The zero-order valence-electron chi connectivity index (χ0n) is 35.1. The fraction of sp³-hybridized carbons (Fsp3) is 0. The van der Waals surface area contributed by atoms with Crippen molar-refractivity contribution in [1.82, 2.24) is 4.57 Å². The monoisotopic (exact) mass is 814 g/mol. The van der Waals surface area contributed by atoms with Gasteiger partial charge in [-0.2, -0.15) is 0 Å². The largest absolute Gasteiger partial charge is 0.310 e. The van der Waals surface area contributed by atoms with Crippen LogP contribution in [0.15, 0.2) is 255 Å². The van der Waals surface area contributed by atoms with E-state index in [0.717, 1.165) is 33.8 Å². The normalized spacial score (nSPS) is 11.4. The van der Waals surface area contributed by atoms with E-state index in [1.807, 2.05) is 0 Å². The Labute approximate surface area is 373 Å². The number of anilines is 3. The number of rotatable bonds is 8. The Morgan fingerprint density at radius 2 is 0.797 bits per heavy atom. The molecule has 0 spiro atoms. The molecule has 64 heavy (non-hydrogen) atoms. The number of nitrogens with zero attached hydrogens (tertiary/aromatic N) is 2. The number of para-hydroxylation sites is 2. The molecule has 1 aromatic heterocycles. The van der Waals surface area contributed by atoms with E-state index in [-0.39, 0.29) is 0 Å². The van der Waals surface area contributed by atoms with Crippen molar-refractivity contribution >= 4 is 60.4 Å². The Kier molecular flexibility index (Phi) is 9.20. The summed E-state index contributed by atoms with van der Waals surface area (Å²) < 4.78 is 2.41. The first-order chi connectivity index (χ1) is 31.8. The Hall–Kier alpha value is -8.46. The standard InChI is InChI=1S/C62H42N2/c1-4-17-43(18-5-1)45-31-33-47(34-32-45)62-57(58-41-48-21-10-11-24-52(48)53-25-12-13-26-54(53)58)28-16-30-60(62)63(50-37-35-46(36-38-50)44-19-6-2-7-20-44)51-39-40-56-55-27-14-15-29-59(55)64(61(56)42-51)49-22-8-3-9-23-49/h1-42H. The highest BCUT2D eigenvalue weighted by Gasteiger charge is 2.24. The van der Waals surface area contributed by atoms with Gasteiger partial charge in [-0.15, -0.1) is 0 Å². The molecule has 0 fully saturated rings. The molecule has 0 aliphatic rings. The predicted octanol–water partition coefficient (Wildman–Crippen LogP) is 17.2. The summed E-state index contributed by atoms with van der Waals surface area (Å²) >= 11 is 0. The van der Waals surface area contributed by atoms with Crippen LogP contribution in [0, 0.1) is 0 Å². The summed E-state index contributed by atoms with van der Waals surface area (Å²) in [4.78, 5) is 2.47. The van der Waals surface area contributed by atoms with Gasteiger partial charge in [-0.3, -0.25) is 0 Å². The molecular weight excluding hydrogens is 773 g/mol. The first kappa shape index (κ1) is 37.3.